The Kier molecular flexibility index (Phi) is 4.31. The summed E-state index contributed by atoms with van der Waals surface area (Å²) in [6.45, 7) is 1.21. The van der Waals surface area contributed by atoms with E-state index in [-0.39, 0.29) is 17.6 Å². The molecule has 0 spiro atoms. The first-order valence-corrected chi connectivity index (χ1v) is 9.49. The van der Waals surface area contributed by atoms with Gasteiger partial charge in [0.2, 0.25) is 11.8 Å². The van der Waals surface area contributed by atoms with Crippen LogP contribution in [0.25, 0.3) is 22.5 Å². The predicted molar refractivity (Wildman–Crippen MR) is 104 cm³/mol. The first-order valence-electron chi connectivity index (χ1n) is 9.49. The number of halogens is 1. The molecule has 3 heterocycles. The van der Waals surface area contributed by atoms with Crippen molar-refractivity contribution in [1.29, 1.82) is 0 Å². The van der Waals surface area contributed by atoms with Crippen molar-refractivity contribution >= 4 is 16.9 Å². The summed E-state index contributed by atoms with van der Waals surface area (Å²) in [6, 6.07) is 11.4. The monoisotopic (exact) mass is 391 g/mol. The standard InChI is InChI=1S/C21H18FN5O2/c22-16-6-3-13(4-7-16)19-25-26-20(29-19)15-2-1-9-27(11-15)21(28)14-5-8-17-18(10-14)24-12-23-17/h3-8,10,12,15H,1-2,9,11H2,(H,23,24). The number of aromatic nitrogens is 4. The van der Waals surface area contributed by atoms with Crippen molar-refractivity contribution in [2.75, 3.05) is 13.1 Å². The lowest BCUT2D eigenvalue weighted by Gasteiger charge is -2.31. The predicted octanol–water partition coefficient (Wildman–Crippen LogP) is 3.77. The summed E-state index contributed by atoms with van der Waals surface area (Å²) in [5.74, 6) is 0.497. The lowest BCUT2D eigenvalue weighted by Crippen LogP contribution is -2.39. The second kappa shape index (κ2) is 7.12. The summed E-state index contributed by atoms with van der Waals surface area (Å²) >= 11 is 0. The smallest absolute Gasteiger partial charge is 0.253 e. The Morgan fingerprint density at radius 2 is 2.03 bits per heavy atom. The van der Waals surface area contributed by atoms with Crippen LogP contribution in [0.3, 0.4) is 0 Å². The topological polar surface area (TPSA) is 87.9 Å². The van der Waals surface area contributed by atoms with Gasteiger partial charge in [0.1, 0.15) is 5.82 Å². The minimum atomic E-state index is -0.316. The molecule has 146 valence electrons. The first kappa shape index (κ1) is 17.5. The number of aromatic amines is 1. The Hall–Kier alpha value is -3.55. The molecule has 1 aliphatic rings. The number of imidazole rings is 1. The minimum absolute atomic E-state index is 0.0229. The fourth-order valence-corrected chi connectivity index (χ4v) is 3.72. The van der Waals surface area contributed by atoms with Gasteiger partial charge in [0.25, 0.3) is 5.91 Å². The van der Waals surface area contributed by atoms with E-state index >= 15 is 0 Å². The van der Waals surface area contributed by atoms with Crippen molar-refractivity contribution in [2.45, 2.75) is 18.8 Å². The van der Waals surface area contributed by atoms with E-state index in [1.165, 1.54) is 12.1 Å². The SMILES string of the molecule is O=C(c1ccc2nc[nH]c2c1)N1CCCC(c2nnc(-c3ccc(F)cc3)o2)C1. The fraction of sp³-hybridized carbons (Fsp3) is 0.238. The van der Waals surface area contributed by atoms with E-state index in [1.54, 1.807) is 24.5 Å². The molecule has 1 N–H and O–H groups in total. The van der Waals surface area contributed by atoms with Crippen molar-refractivity contribution < 1.29 is 13.6 Å². The maximum Gasteiger partial charge on any atom is 0.253 e. The molecule has 1 saturated heterocycles. The van der Waals surface area contributed by atoms with Gasteiger partial charge in [0, 0.05) is 24.2 Å². The van der Waals surface area contributed by atoms with Crippen LogP contribution >= 0.6 is 0 Å². The molecule has 1 unspecified atom stereocenters. The summed E-state index contributed by atoms with van der Waals surface area (Å²) in [7, 11) is 0. The van der Waals surface area contributed by atoms with Gasteiger partial charge in [-0.3, -0.25) is 4.79 Å². The van der Waals surface area contributed by atoms with Gasteiger partial charge in [0.05, 0.1) is 23.3 Å². The molecule has 29 heavy (non-hydrogen) atoms. The van der Waals surface area contributed by atoms with Crippen LogP contribution in [0, 0.1) is 5.82 Å². The van der Waals surface area contributed by atoms with Crippen molar-refractivity contribution in [1.82, 2.24) is 25.1 Å². The number of amides is 1. The van der Waals surface area contributed by atoms with Crippen molar-refractivity contribution in [3.05, 3.63) is 66.1 Å². The highest BCUT2D eigenvalue weighted by Gasteiger charge is 2.29. The van der Waals surface area contributed by atoms with Crippen LogP contribution in [-0.4, -0.2) is 44.1 Å². The molecule has 8 heteroatoms. The van der Waals surface area contributed by atoms with Gasteiger partial charge in [-0.25, -0.2) is 9.37 Å². The highest BCUT2D eigenvalue weighted by Crippen LogP contribution is 2.29. The molecule has 0 bridgehead atoms. The molecule has 7 nitrogen and oxygen atoms in total. The van der Waals surface area contributed by atoms with Gasteiger partial charge in [-0.15, -0.1) is 10.2 Å². The third-order valence-electron chi connectivity index (χ3n) is 5.26. The third kappa shape index (κ3) is 3.37. The number of rotatable bonds is 3. The van der Waals surface area contributed by atoms with Gasteiger partial charge in [-0.05, 0) is 55.3 Å². The number of nitrogens with zero attached hydrogens (tertiary/aromatic N) is 4. The Bertz CT molecular complexity index is 1170. The zero-order valence-electron chi connectivity index (χ0n) is 15.5. The molecular weight excluding hydrogens is 373 g/mol. The highest BCUT2D eigenvalue weighted by molar-refractivity contribution is 5.97. The summed E-state index contributed by atoms with van der Waals surface area (Å²) < 4.78 is 18.9. The van der Waals surface area contributed by atoms with Crippen LogP contribution in [0.1, 0.15) is 35.0 Å². The fourth-order valence-electron chi connectivity index (χ4n) is 3.72. The largest absolute Gasteiger partial charge is 0.420 e. The maximum absolute atomic E-state index is 13.1. The highest BCUT2D eigenvalue weighted by atomic mass is 19.1. The van der Waals surface area contributed by atoms with Gasteiger partial charge < -0.3 is 14.3 Å². The lowest BCUT2D eigenvalue weighted by atomic mass is 9.97. The number of hydrogen-bond acceptors (Lipinski definition) is 5. The number of carbonyl (C=O) groups is 1. The van der Waals surface area contributed by atoms with Crippen LogP contribution in [0.5, 0.6) is 0 Å². The molecule has 5 rings (SSSR count). The zero-order chi connectivity index (χ0) is 19.8. The minimum Gasteiger partial charge on any atom is -0.420 e. The number of benzene rings is 2. The molecule has 1 aliphatic heterocycles. The third-order valence-corrected chi connectivity index (χ3v) is 5.26. The Labute approximate surface area is 165 Å². The number of fused-ring (bicyclic) bond motifs is 1. The summed E-state index contributed by atoms with van der Waals surface area (Å²) in [4.78, 5) is 22.0. The number of nitrogens with one attached hydrogen (secondary N) is 1. The number of H-pyrrole nitrogens is 1. The number of hydrogen-bond donors (Lipinski definition) is 1. The van der Waals surface area contributed by atoms with Crippen molar-refractivity contribution in [3.8, 4) is 11.5 Å². The zero-order valence-corrected chi connectivity index (χ0v) is 15.5. The Morgan fingerprint density at radius 3 is 2.90 bits per heavy atom. The maximum atomic E-state index is 13.1. The molecule has 1 amide bonds. The summed E-state index contributed by atoms with van der Waals surface area (Å²) in [5, 5.41) is 8.27. The second-order valence-electron chi connectivity index (χ2n) is 7.18. The molecular formula is C21H18FN5O2. The number of piperidine rings is 1. The summed E-state index contributed by atoms with van der Waals surface area (Å²) in [6.07, 6.45) is 3.34. The average Bonchev–Trinajstić information content (AvgIpc) is 3.43. The van der Waals surface area contributed by atoms with Crippen molar-refractivity contribution in [3.63, 3.8) is 0 Å². The number of likely N-dealkylation sites (tertiary alicyclic amines) is 1. The lowest BCUT2D eigenvalue weighted by molar-refractivity contribution is 0.0698. The normalized spacial score (nSPS) is 17.0. The van der Waals surface area contributed by atoms with Crippen LogP contribution in [0.2, 0.25) is 0 Å². The van der Waals surface area contributed by atoms with E-state index in [9.17, 15) is 9.18 Å². The van der Waals surface area contributed by atoms with E-state index < -0.39 is 0 Å². The molecule has 4 aromatic rings. The first-order chi connectivity index (χ1) is 14.2. The van der Waals surface area contributed by atoms with E-state index in [0.29, 0.717) is 36.0 Å². The van der Waals surface area contributed by atoms with Crippen LogP contribution in [0.4, 0.5) is 4.39 Å². The number of carbonyl (C=O) groups excluding carboxylic acids is 1. The summed E-state index contributed by atoms with van der Waals surface area (Å²) in [5.41, 5.74) is 2.96. The molecule has 1 atom stereocenters. The van der Waals surface area contributed by atoms with E-state index in [0.717, 1.165) is 23.9 Å². The molecule has 2 aromatic carbocycles. The van der Waals surface area contributed by atoms with E-state index in [4.69, 9.17) is 4.42 Å². The van der Waals surface area contributed by atoms with Crippen LogP contribution in [0.15, 0.2) is 53.2 Å². The Morgan fingerprint density at radius 1 is 1.17 bits per heavy atom. The van der Waals surface area contributed by atoms with E-state index in [1.807, 2.05) is 17.0 Å². The van der Waals surface area contributed by atoms with Gasteiger partial charge in [-0.1, -0.05) is 0 Å². The molecule has 0 aliphatic carbocycles. The van der Waals surface area contributed by atoms with Gasteiger partial charge in [-0.2, -0.15) is 0 Å². The quantitative estimate of drug-likeness (QED) is 0.574. The molecule has 0 saturated carbocycles. The molecule has 0 radical (unpaired) electrons. The van der Waals surface area contributed by atoms with Gasteiger partial charge in [0.15, 0.2) is 0 Å². The van der Waals surface area contributed by atoms with Crippen molar-refractivity contribution in [2.24, 2.45) is 0 Å². The molecule has 2 aromatic heterocycles. The Balaban J connectivity index is 1.34. The van der Waals surface area contributed by atoms with Gasteiger partial charge >= 0.3 is 0 Å². The van der Waals surface area contributed by atoms with Crippen LogP contribution in [-0.2, 0) is 0 Å². The average molecular weight is 391 g/mol. The van der Waals surface area contributed by atoms with Crippen LogP contribution < -0.4 is 0 Å². The second-order valence-corrected chi connectivity index (χ2v) is 7.18. The molecule has 1 fully saturated rings. The van der Waals surface area contributed by atoms with E-state index in [2.05, 4.69) is 20.2 Å².